The van der Waals surface area contributed by atoms with Crippen LogP contribution in [0.3, 0.4) is 0 Å². The molecular formula is C17H14FN3O2S. The van der Waals surface area contributed by atoms with E-state index in [1.54, 1.807) is 0 Å². The Morgan fingerprint density at radius 2 is 1.88 bits per heavy atom. The van der Waals surface area contributed by atoms with E-state index in [2.05, 4.69) is 15.6 Å². The first-order valence-corrected chi connectivity index (χ1v) is 8.15. The number of amidine groups is 1. The number of carbonyl (C=O) groups excluding carboxylic acids is 2. The second-order valence-electron chi connectivity index (χ2n) is 5.11. The number of amides is 2. The van der Waals surface area contributed by atoms with Gasteiger partial charge in [0.05, 0.1) is 5.69 Å². The molecule has 2 aromatic carbocycles. The van der Waals surface area contributed by atoms with E-state index in [9.17, 15) is 14.0 Å². The summed E-state index contributed by atoms with van der Waals surface area (Å²) >= 11 is 1.22. The van der Waals surface area contributed by atoms with Gasteiger partial charge in [0.25, 0.3) is 0 Å². The summed E-state index contributed by atoms with van der Waals surface area (Å²) < 4.78 is 12.8. The molecule has 0 radical (unpaired) electrons. The fourth-order valence-electron chi connectivity index (χ4n) is 2.13. The number of benzene rings is 2. The zero-order valence-corrected chi connectivity index (χ0v) is 13.3. The van der Waals surface area contributed by atoms with Crippen molar-refractivity contribution in [1.82, 2.24) is 5.32 Å². The highest BCUT2D eigenvalue weighted by Crippen LogP contribution is 2.25. The predicted molar refractivity (Wildman–Crippen MR) is 92.7 cm³/mol. The number of halogens is 1. The zero-order valence-electron chi connectivity index (χ0n) is 12.5. The number of para-hydroxylation sites is 1. The molecule has 1 atom stereocenters. The molecule has 0 aliphatic carbocycles. The van der Waals surface area contributed by atoms with E-state index in [0.717, 1.165) is 5.69 Å². The fourth-order valence-corrected chi connectivity index (χ4v) is 3.11. The van der Waals surface area contributed by atoms with E-state index in [1.165, 1.54) is 36.0 Å². The van der Waals surface area contributed by atoms with Gasteiger partial charge in [-0.25, -0.2) is 9.38 Å². The van der Waals surface area contributed by atoms with Crippen molar-refractivity contribution in [2.45, 2.75) is 11.7 Å². The van der Waals surface area contributed by atoms with Crippen LogP contribution in [0.1, 0.15) is 6.42 Å². The summed E-state index contributed by atoms with van der Waals surface area (Å²) in [6.07, 6.45) is 0.0156. The maximum absolute atomic E-state index is 12.8. The number of thioether (sulfide) groups is 1. The van der Waals surface area contributed by atoms with Gasteiger partial charge in [0.15, 0.2) is 5.17 Å². The summed E-state index contributed by atoms with van der Waals surface area (Å²) in [5, 5.41) is 5.26. The van der Waals surface area contributed by atoms with E-state index in [-0.39, 0.29) is 24.1 Å². The summed E-state index contributed by atoms with van der Waals surface area (Å²) in [4.78, 5) is 28.3. The lowest BCUT2D eigenvalue weighted by atomic mass is 10.2. The molecule has 1 aliphatic heterocycles. The number of anilines is 1. The standard InChI is InChI=1S/C17H14FN3O2S/c18-11-6-8-13(9-7-11)19-15(22)10-14-16(23)21-17(24-14)20-12-4-2-1-3-5-12/h1-9,14H,10H2,(H,19,22)(H,20,21,23). The van der Waals surface area contributed by atoms with Crippen LogP contribution in [0.2, 0.25) is 0 Å². The Morgan fingerprint density at radius 3 is 2.58 bits per heavy atom. The quantitative estimate of drug-likeness (QED) is 0.896. The molecule has 7 heteroatoms. The first-order valence-electron chi connectivity index (χ1n) is 7.27. The largest absolute Gasteiger partial charge is 0.326 e. The summed E-state index contributed by atoms with van der Waals surface area (Å²) in [6, 6.07) is 14.7. The van der Waals surface area contributed by atoms with Gasteiger partial charge in [-0.3, -0.25) is 9.59 Å². The van der Waals surface area contributed by atoms with E-state index < -0.39 is 5.25 Å². The fraction of sp³-hybridized carbons (Fsp3) is 0.118. The summed E-state index contributed by atoms with van der Waals surface area (Å²) in [5.41, 5.74) is 1.22. The lowest BCUT2D eigenvalue weighted by Gasteiger charge is -2.07. The van der Waals surface area contributed by atoms with E-state index in [4.69, 9.17) is 0 Å². The highest BCUT2D eigenvalue weighted by molar-refractivity contribution is 8.15. The molecule has 5 nitrogen and oxygen atoms in total. The van der Waals surface area contributed by atoms with Gasteiger partial charge in [0.1, 0.15) is 11.1 Å². The van der Waals surface area contributed by atoms with E-state index in [1.807, 2.05) is 30.3 Å². The van der Waals surface area contributed by atoms with Crippen LogP contribution in [0.4, 0.5) is 15.8 Å². The predicted octanol–water partition coefficient (Wildman–Crippen LogP) is 3.07. The number of carbonyl (C=O) groups is 2. The highest BCUT2D eigenvalue weighted by Gasteiger charge is 2.32. The first-order chi connectivity index (χ1) is 11.6. The van der Waals surface area contributed by atoms with Crippen molar-refractivity contribution >= 4 is 40.1 Å². The summed E-state index contributed by atoms with van der Waals surface area (Å²) in [6.45, 7) is 0. The summed E-state index contributed by atoms with van der Waals surface area (Å²) in [5.74, 6) is -0.931. The Balaban J connectivity index is 1.59. The third-order valence-corrected chi connectivity index (χ3v) is 4.34. The molecule has 2 N–H and O–H groups in total. The molecule has 2 amide bonds. The molecule has 1 saturated heterocycles. The van der Waals surface area contributed by atoms with Gasteiger partial charge in [-0.1, -0.05) is 30.0 Å². The Bertz CT molecular complexity index is 778. The molecule has 2 aromatic rings. The van der Waals surface area contributed by atoms with Crippen molar-refractivity contribution in [3.8, 4) is 0 Å². The average molecular weight is 343 g/mol. The Labute approximate surface area is 142 Å². The Morgan fingerprint density at radius 1 is 1.17 bits per heavy atom. The smallest absolute Gasteiger partial charge is 0.240 e. The molecule has 3 rings (SSSR count). The van der Waals surface area contributed by atoms with E-state index in [0.29, 0.717) is 10.9 Å². The Kier molecular flexibility index (Phi) is 4.90. The van der Waals surface area contributed by atoms with Gasteiger partial charge in [0.2, 0.25) is 11.8 Å². The molecule has 122 valence electrons. The minimum Gasteiger partial charge on any atom is -0.326 e. The number of hydrogen-bond acceptors (Lipinski definition) is 4. The van der Waals surface area contributed by atoms with Gasteiger partial charge < -0.3 is 10.6 Å². The van der Waals surface area contributed by atoms with Crippen molar-refractivity contribution in [3.63, 3.8) is 0 Å². The van der Waals surface area contributed by atoms with Crippen LogP contribution in [-0.4, -0.2) is 22.2 Å². The van der Waals surface area contributed by atoms with Crippen molar-refractivity contribution in [1.29, 1.82) is 0 Å². The molecule has 0 aromatic heterocycles. The lowest BCUT2D eigenvalue weighted by molar-refractivity contribution is -0.122. The van der Waals surface area contributed by atoms with Crippen molar-refractivity contribution in [3.05, 3.63) is 60.4 Å². The van der Waals surface area contributed by atoms with Gasteiger partial charge in [-0.2, -0.15) is 0 Å². The number of nitrogens with one attached hydrogen (secondary N) is 2. The average Bonchev–Trinajstić information content (AvgIpc) is 2.90. The summed E-state index contributed by atoms with van der Waals surface area (Å²) in [7, 11) is 0. The minimum atomic E-state index is -0.534. The molecule has 0 spiro atoms. The van der Waals surface area contributed by atoms with Gasteiger partial charge in [0, 0.05) is 12.1 Å². The van der Waals surface area contributed by atoms with Crippen LogP contribution < -0.4 is 10.6 Å². The molecule has 24 heavy (non-hydrogen) atoms. The zero-order chi connectivity index (χ0) is 16.9. The number of rotatable bonds is 4. The second kappa shape index (κ2) is 7.27. The number of nitrogens with zero attached hydrogens (tertiary/aromatic N) is 1. The second-order valence-corrected chi connectivity index (χ2v) is 6.30. The Hall–Kier alpha value is -2.67. The number of aliphatic imine (C=N–C) groups is 1. The van der Waals surface area contributed by atoms with Crippen LogP contribution in [0.5, 0.6) is 0 Å². The molecular weight excluding hydrogens is 329 g/mol. The van der Waals surface area contributed by atoms with Crippen molar-refractivity contribution < 1.29 is 14.0 Å². The van der Waals surface area contributed by atoms with Crippen LogP contribution in [0.15, 0.2) is 59.6 Å². The molecule has 1 aliphatic rings. The topological polar surface area (TPSA) is 70.6 Å². The van der Waals surface area contributed by atoms with Gasteiger partial charge in [-0.15, -0.1) is 0 Å². The van der Waals surface area contributed by atoms with Crippen LogP contribution >= 0.6 is 11.8 Å². The van der Waals surface area contributed by atoms with Crippen molar-refractivity contribution in [2.75, 3.05) is 5.32 Å². The molecule has 1 heterocycles. The third kappa shape index (κ3) is 4.20. The molecule has 1 fully saturated rings. The number of hydrogen-bond donors (Lipinski definition) is 2. The lowest BCUT2D eigenvalue weighted by Crippen LogP contribution is -2.28. The van der Waals surface area contributed by atoms with Crippen LogP contribution in [0, 0.1) is 5.82 Å². The third-order valence-electron chi connectivity index (χ3n) is 3.26. The molecule has 0 saturated carbocycles. The highest BCUT2D eigenvalue weighted by atomic mass is 32.2. The van der Waals surface area contributed by atoms with E-state index >= 15 is 0 Å². The maximum Gasteiger partial charge on any atom is 0.240 e. The van der Waals surface area contributed by atoms with Gasteiger partial charge in [-0.05, 0) is 36.4 Å². The first kappa shape index (κ1) is 16.2. The normalized spacial score (nSPS) is 18.5. The SMILES string of the molecule is O=C(CC1SC(=Nc2ccccc2)NC1=O)Nc1ccc(F)cc1. The van der Waals surface area contributed by atoms with Gasteiger partial charge >= 0.3 is 0 Å². The minimum absolute atomic E-state index is 0.0156. The van der Waals surface area contributed by atoms with Crippen molar-refractivity contribution in [2.24, 2.45) is 4.99 Å². The van der Waals surface area contributed by atoms with Crippen LogP contribution in [-0.2, 0) is 9.59 Å². The molecule has 1 unspecified atom stereocenters. The van der Waals surface area contributed by atoms with Crippen LogP contribution in [0.25, 0.3) is 0 Å². The maximum atomic E-state index is 12.8. The monoisotopic (exact) mass is 343 g/mol. The molecule has 0 bridgehead atoms.